The molecule has 26 heavy (non-hydrogen) atoms. The van der Waals surface area contributed by atoms with Gasteiger partial charge in [0.15, 0.2) is 0 Å². The molecule has 0 radical (unpaired) electrons. The van der Waals surface area contributed by atoms with Gasteiger partial charge in [-0.05, 0) is 61.4 Å². The minimum absolute atomic E-state index is 0.262. The molecule has 0 unspecified atom stereocenters. The molecule has 1 heterocycles. The molecule has 0 atom stereocenters. The van der Waals surface area contributed by atoms with Crippen LogP contribution >= 0.6 is 11.6 Å². The van der Waals surface area contributed by atoms with Crippen LogP contribution in [-0.4, -0.2) is 22.8 Å². The van der Waals surface area contributed by atoms with Gasteiger partial charge in [0.25, 0.3) is 0 Å². The molecule has 0 aliphatic rings. The van der Waals surface area contributed by atoms with Crippen LogP contribution < -0.4 is 9.47 Å². The molecule has 3 rings (SSSR count). The summed E-state index contributed by atoms with van der Waals surface area (Å²) in [7, 11) is 0. The van der Waals surface area contributed by atoms with Crippen molar-refractivity contribution >= 4 is 17.6 Å². The van der Waals surface area contributed by atoms with Gasteiger partial charge in [-0.3, -0.25) is 4.79 Å². The van der Waals surface area contributed by atoms with Gasteiger partial charge in [-0.2, -0.15) is 0 Å². The van der Waals surface area contributed by atoms with Crippen molar-refractivity contribution in [3.63, 3.8) is 0 Å². The van der Waals surface area contributed by atoms with Crippen LogP contribution in [0.5, 0.6) is 11.5 Å². The predicted octanol–water partition coefficient (Wildman–Crippen LogP) is 4.46. The number of rotatable bonds is 7. The first-order valence-corrected chi connectivity index (χ1v) is 8.46. The summed E-state index contributed by atoms with van der Waals surface area (Å²) in [6, 6.07) is 12.3. The number of hydrogen-bond acceptors (Lipinski definition) is 6. The van der Waals surface area contributed by atoms with E-state index in [1.165, 1.54) is 6.39 Å². The average Bonchev–Trinajstić information content (AvgIpc) is 3.15. The Hall–Kier alpha value is -2.86. The quantitative estimate of drug-likeness (QED) is 0.346. The number of carbonyl (C=O) groups is 1. The minimum atomic E-state index is -0.313. The Balaban J connectivity index is 1.42. The number of ether oxygens (including phenoxy) is 2. The Bertz CT molecular complexity index is 864. The molecule has 6 nitrogen and oxygen atoms in total. The van der Waals surface area contributed by atoms with Crippen molar-refractivity contribution in [2.75, 3.05) is 6.61 Å². The highest BCUT2D eigenvalue weighted by Gasteiger charge is 2.08. The Morgan fingerprint density at radius 2 is 2.00 bits per heavy atom. The minimum Gasteiger partial charge on any atom is -0.493 e. The second-order valence-corrected chi connectivity index (χ2v) is 6.04. The number of benzene rings is 2. The van der Waals surface area contributed by atoms with E-state index < -0.39 is 0 Å². The van der Waals surface area contributed by atoms with Crippen LogP contribution in [0.1, 0.15) is 18.4 Å². The van der Waals surface area contributed by atoms with Crippen molar-refractivity contribution in [1.82, 2.24) is 10.2 Å². The lowest BCUT2D eigenvalue weighted by Gasteiger charge is -2.09. The van der Waals surface area contributed by atoms with Gasteiger partial charge in [0.05, 0.1) is 6.61 Å². The van der Waals surface area contributed by atoms with Crippen molar-refractivity contribution in [3.05, 3.63) is 59.4 Å². The summed E-state index contributed by atoms with van der Waals surface area (Å²) in [6.07, 6.45) is 2.08. The van der Waals surface area contributed by atoms with E-state index in [1.54, 1.807) is 30.3 Å². The maximum atomic E-state index is 11.9. The molecule has 2 aromatic carbocycles. The third-order valence-electron chi connectivity index (χ3n) is 3.61. The third-order valence-corrected chi connectivity index (χ3v) is 3.85. The van der Waals surface area contributed by atoms with Gasteiger partial charge in [0.2, 0.25) is 12.3 Å². The molecule has 0 fully saturated rings. The lowest BCUT2D eigenvalue weighted by molar-refractivity contribution is -0.134. The maximum Gasteiger partial charge on any atom is 0.311 e. The Morgan fingerprint density at radius 1 is 1.19 bits per heavy atom. The first kappa shape index (κ1) is 17.9. The second-order valence-electron chi connectivity index (χ2n) is 5.60. The summed E-state index contributed by atoms with van der Waals surface area (Å²) < 4.78 is 16.1. The highest BCUT2D eigenvalue weighted by atomic mass is 35.5. The maximum absolute atomic E-state index is 11.9. The van der Waals surface area contributed by atoms with Crippen LogP contribution in [-0.2, 0) is 4.79 Å². The average molecular weight is 373 g/mol. The van der Waals surface area contributed by atoms with E-state index in [-0.39, 0.29) is 12.4 Å². The molecule has 0 amide bonds. The van der Waals surface area contributed by atoms with Gasteiger partial charge in [0, 0.05) is 17.0 Å². The van der Waals surface area contributed by atoms with E-state index >= 15 is 0 Å². The molecule has 0 N–H and O–H groups in total. The van der Waals surface area contributed by atoms with Crippen LogP contribution in [0.25, 0.3) is 11.5 Å². The highest BCUT2D eigenvalue weighted by Crippen LogP contribution is 2.22. The fourth-order valence-electron chi connectivity index (χ4n) is 2.32. The molecule has 0 saturated carbocycles. The number of nitrogens with zero attached hydrogens (tertiary/aromatic N) is 2. The molecule has 3 aromatic rings. The summed E-state index contributed by atoms with van der Waals surface area (Å²) >= 11 is 5.91. The summed E-state index contributed by atoms with van der Waals surface area (Å²) in [5.74, 6) is 1.33. The molecule has 0 spiro atoms. The van der Waals surface area contributed by atoms with Crippen LogP contribution in [0.15, 0.2) is 53.3 Å². The number of halogens is 1. The lowest BCUT2D eigenvalue weighted by Crippen LogP contribution is -2.10. The number of esters is 1. The largest absolute Gasteiger partial charge is 0.493 e. The Kier molecular flexibility index (Phi) is 5.86. The van der Waals surface area contributed by atoms with Crippen LogP contribution in [0.4, 0.5) is 0 Å². The zero-order valence-electron chi connectivity index (χ0n) is 14.1. The SMILES string of the molecule is Cc1cc(Cl)ccc1OCCCC(=O)Oc1ccc(-c2nnco2)cc1. The van der Waals surface area contributed by atoms with E-state index in [0.717, 1.165) is 16.9 Å². The smallest absolute Gasteiger partial charge is 0.311 e. The monoisotopic (exact) mass is 372 g/mol. The van der Waals surface area contributed by atoms with E-state index in [4.69, 9.17) is 25.5 Å². The summed E-state index contributed by atoms with van der Waals surface area (Å²) in [5.41, 5.74) is 1.72. The molecule has 1 aromatic heterocycles. The first-order chi connectivity index (χ1) is 12.6. The van der Waals surface area contributed by atoms with Gasteiger partial charge in [-0.1, -0.05) is 11.6 Å². The van der Waals surface area contributed by atoms with Gasteiger partial charge in [-0.25, -0.2) is 0 Å². The van der Waals surface area contributed by atoms with Crippen molar-refractivity contribution in [3.8, 4) is 23.0 Å². The van der Waals surface area contributed by atoms with Gasteiger partial charge in [0.1, 0.15) is 11.5 Å². The molecule has 0 aliphatic heterocycles. The molecule has 7 heteroatoms. The van der Waals surface area contributed by atoms with Gasteiger partial charge < -0.3 is 13.9 Å². The summed E-state index contributed by atoms with van der Waals surface area (Å²) in [4.78, 5) is 11.9. The summed E-state index contributed by atoms with van der Waals surface area (Å²) in [6.45, 7) is 2.35. The lowest BCUT2D eigenvalue weighted by atomic mass is 10.2. The third kappa shape index (κ3) is 4.83. The first-order valence-electron chi connectivity index (χ1n) is 8.08. The summed E-state index contributed by atoms with van der Waals surface area (Å²) in [5, 5.41) is 8.11. The molecule has 134 valence electrons. The number of aryl methyl sites for hydroxylation is 1. The van der Waals surface area contributed by atoms with Crippen molar-refractivity contribution in [1.29, 1.82) is 0 Å². The normalized spacial score (nSPS) is 10.5. The topological polar surface area (TPSA) is 74.5 Å². The Morgan fingerprint density at radius 3 is 2.69 bits per heavy atom. The highest BCUT2D eigenvalue weighted by molar-refractivity contribution is 6.30. The van der Waals surface area contributed by atoms with Crippen molar-refractivity contribution in [2.45, 2.75) is 19.8 Å². The molecule has 0 saturated heterocycles. The fourth-order valence-corrected chi connectivity index (χ4v) is 2.55. The molecular formula is C19H17ClN2O4. The van der Waals surface area contributed by atoms with E-state index in [9.17, 15) is 4.79 Å². The molecule has 0 aliphatic carbocycles. The van der Waals surface area contributed by atoms with Gasteiger partial charge >= 0.3 is 5.97 Å². The van der Waals surface area contributed by atoms with E-state index in [0.29, 0.717) is 29.7 Å². The van der Waals surface area contributed by atoms with E-state index in [1.807, 2.05) is 19.1 Å². The van der Waals surface area contributed by atoms with Crippen LogP contribution in [0.2, 0.25) is 5.02 Å². The zero-order chi connectivity index (χ0) is 18.4. The standard InChI is InChI=1S/C19H17ClN2O4/c1-13-11-15(20)6-9-17(13)24-10-2-3-18(23)26-16-7-4-14(5-8-16)19-22-21-12-25-19/h4-9,11-12H,2-3,10H2,1H3. The molecular weight excluding hydrogens is 356 g/mol. The zero-order valence-corrected chi connectivity index (χ0v) is 14.9. The van der Waals surface area contributed by atoms with Gasteiger partial charge in [-0.15, -0.1) is 10.2 Å². The van der Waals surface area contributed by atoms with Crippen molar-refractivity contribution < 1.29 is 18.7 Å². The second kappa shape index (κ2) is 8.49. The fraction of sp³-hybridized carbons (Fsp3) is 0.211. The number of carbonyl (C=O) groups excluding carboxylic acids is 1. The van der Waals surface area contributed by atoms with Crippen LogP contribution in [0, 0.1) is 6.92 Å². The molecule has 0 bridgehead atoms. The Labute approximate surface area is 155 Å². The van der Waals surface area contributed by atoms with Crippen LogP contribution in [0.3, 0.4) is 0 Å². The van der Waals surface area contributed by atoms with E-state index in [2.05, 4.69) is 10.2 Å². The van der Waals surface area contributed by atoms with Crippen molar-refractivity contribution in [2.24, 2.45) is 0 Å². The number of aromatic nitrogens is 2. The predicted molar refractivity (Wildman–Crippen MR) is 96.3 cm³/mol. The number of hydrogen-bond donors (Lipinski definition) is 0.